The Balaban J connectivity index is 1.72. The monoisotopic (exact) mass is 336 g/mol. The number of carbonyl (C=O) groups is 2. The van der Waals surface area contributed by atoms with Gasteiger partial charge in [0, 0.05) is 16.8 Å². The van der Waals surface area contributed by atoms with Crippen molar-refractivity contribution in [2.24, 2.45) is 0 Å². The summed E-state index contributed by atoms with van der Waals surface area (Å²) in [5.74, 6) is -0.164. The molecule has 0 spiro atoms. The van der Waals surface area contributed by atoms with Gasteiger partial charge in [-0.15, -0.1) is 11.3 Å². The van der Waals surface area contributed by atoms with Crippen molar-refractivity contribution in [2.45, 2.75) is 31.2 Å². The highest BCUT2D eigenvalue weighted by molar-refractivity contribution is 8.00. The van der Waals surface area contributed by atoms with Crippen LogP contribution in [-0.2, 0) is 17.6 Å². The topological polar surface area (TPSA) is 84.0 Å². The number of aromatic nitrogens is 2. The highest BCUT2D eigenvalue weighted by Crippen LogP contribution is 2.39. The third-order valence-electron chi connectivity index (χ3n) is 3.40. The maximum Gasteiger partial charge on any atom is 0.321 e. The molecule has 2 aromatic rings. The quantitative estimate of drug-likeness (QED) is 0.660. The zero-order valence-electron chi connectivity index (χ0n) is 12.1. The van der Waals surface area contributed by atoms with Gasteiger partial charge in [0.1, 0.15) is 16.2 Å². The Morgan fingerprint density at radius 2 is 2.23 bits per heavy atom. The number of hydrogen-bond donors (Lipinski definition) is 2. The van der Waals surface area contributed by atoms with Crippen LogP contribution in [0.4, 0.5) is 4.79 Å². The third kappa shape index (κ3) is 3.07. The lowest BCUT2D eigenvalue weighted by Gasteiger charge is -2.05. The van der Waals surface area contributed by atoms with Gasteiger partial charge in [0.05, 0.1) is 5.75 Å². The number of hydrogen-bond acceptors (Lipinski definition) is 6. The van der Waals surface area contributed by atoms with Crippen molar-refractivity contribution in [1.29, 1.82) is 0 Å². The normalized spacial score (nSPS) is 13.1. The van der Waals surface area contributed by atoms with Crippen molar-refractivity contribution in [1.82, 2.24) is 20.6 Å². The van der Waals surface area contributed by atoms with Crippen molar-refractivity contribution in [3.05, 3.63) is 16.8 Å². The number of fused-ring (bicyclic) bond motifs is 3. The number of nitrogens with zero attached hydrogens (tertiary/aromatic N) is 2. The lowest BCUT2D eigenvalue weighted by molar-refractivity contribution is -0.117. The molecule has 0 fully saturated rings. The SMILES string of the molecule is CCNC(=O)NC(=O)CSc1ncnc2sc3c(c12)CCC3. The average molecular weight is 336 g/mol. The zero-order chi connectivity index (χ0) is 15.5. The summed E-state index contributed by atoms with van der Waals surface area (Å²) in [7, 11) is 0. The molecule has 8 heteroatoms. The van der Waals surface area contributed by atoms with Crippen LogP contribution in [0, 0.1) is 0 Å². The standard InChI is InChI=1S/C14H16N4O2S2/c1-2-15-14(20)18-10(19)6-21-12-11-8-4-3-5-9(8)22-13(11)17-7-16-12/h7H,2-6H2,1H3,(H2,15,18,19,20). The van der Waals surface area contributed by atoms with Crippen molar-refractivity contribution in [3.8, 4) is 0 Å². The molecule has 1 aliphatic rings. The van der Waals surface area contributed by atoms with Gasteiger partial charge in [0.2, 0.25) is 5.91 Å². The maximum absolute atomic E-state index is 11.8. The van der Waals surface area contributed by atoms with Gasteiger partial charge in [-0.1, -0.05) is 11.8 Å². The van der Waals surface area contributed by atoms with E-state index in [0.717, 1.165) is 28.1 Å². The fourth-order valence-corrected chi connectivity index (χ4v) is 4.63. The Kier molecular flexibility index (Phi) is 4.58. The van der Waals surface area contributed by atoms with Crippen LogP contribution in [0.3, 0.4) is 0 Å². The lowest BCUT2D eigenvalue weighted by Crippen LogP contribution is -2.40. The van der Waals surface area contributed by atoms with E-state index in [2.05, 4.69) is 20.6 Å². The third-order valence-corrected chi connectivity index (χ3v) is 5.59. The van der Waals surface area contributed by atoms with E-state index in [1.54, 1.807) is 18.3 Å². The summed E-state index contributed by atoms with van der Waals surface area (Å²) in [5, 5.41) is 6.75. The first-order chi connectivity index (χ1) is 10.7. The molecule has 0 saturated heterocycles. The first kappa shape index (κ1) is 15.2. The minimum Gasteiger partial charge on any atom is -0.338 e. The molecule has 0 radical (unpaired) electrons. The maximum atomic E-state index is 11.8. The van der Waals surface area contributed by atoms with Gasteiger partial charge < -0.3 is 5.32 Å². The van der Waals surface area contributed by atoms with E-state index in [9.17, 15) is 9.59 Å². The number of carbonyl (C=O) groups excluding carboxylic acids is 2. The van der Waals surface area contributed by atoms with E-state index in [1.165, 1.54) is 35.0 Å². The lowest BCUT2D eigenvalue weighted by atomic mass is 10.2. The first-order valence-electron chi connectivity index (χ1n) is 7.14. The second-order valence-corrected chi connectivity index (χ2v) is 6.96. The summed E-state index contributed by atoms with van der Waals surface area (Å²) in [6.07, 6.45) is 4.88. The van der Waals surface area contributed by atoms with E-state index >= 15 is 0 Å². The van der Waals surface area contributed by atoms with Crippen molar-refractivity contribution >= 4 is 45.3 Å². The van der Waals surface area contributed by atoms with Gasteiger partial charge in [-0.3, -0.25) is 10.1 Å². The number of aryl methyl sites for hydroxylation is 2. The Labute approximate surface area is 136 Å². The largest absolute Gasteiger partial charge is 0.338 e. The van der Waals surface area contributed by atoms with E-state index in [4.69, 9.17) is 0 Å². The molecule has 3 amide bonds. The molecule has 0 aliphatic heterocycles. The van der Waals surface area contributed by atoms with Gasteiger partial charge in [-0.05, 0) is 31.7 Å². The summed E-state index contributed by atoms with van der Waals surface area (Å²) in [4.78, 5) is 34.1. The average Bonchev–Trinajstić information content (AvgIpc) is 3.05. The number of amides is 3. The van der Waals surface area contributed by atoms with E-state index in [1.807, 2.05) is 0 Å². The number of thiophene rings is 1. The molecule has 0 aromatic carbocycles. The summed E-state index contributed by atoms with van der Waals surface area (Å²) >= 11 is 3.08. The van der Waals surface area contributed by atoms with Crippen molar-refractivity contribution in [2.75, 3.05) is 12.3 Å². The Morgan fingerprint density at radius 1 is 1.36 bits per heavy atom. The van der Waals surface area contributed by atoms with Crippen LogP contribution in [0.5, 0.6) is 0 Å². The Hall–Kier alpha value is -1.67. The molecule has 6 nitrogen and oxygen atoms in total. The smallest absolute Gasteiger partial charge is 0.321 e. The molecule has 2 aromatic heterocycles. The molecule has 0 bridgehead atoms. The van der Waals surface area contributed by atoms with Crippen LogP contribution in [0.2, 0.25) is 0 Å². The summed E-state index contributed by atoms with van der Waals surface area (Å²) in [5.41, 5.74) is 1.34. The number of nitrogens with one attached hydrogen (secondary N) is 2. The number of urea groups is 1. The molecular weight excluding hydrogens is 320 g/mol. The minimum atomic E-state index is -0.461. The van der Waals surface area contributed by atoms with Gasteiger partial charge in [-0.2, -0.15) is 0 Å². The molecule has 2 N–H and O–H groups in total. The van der Waals surface area contributed by atoms with Gasteiger partial charge >= 0.3 is 6.03 Å². The van der Waals surface area contributed by atoms with Crippen LogP contribution >= 0.6 is 23.1 Å². The van der Waals surface area contributed by atoms with E-state index in [0.29, 0.717) is 6.54 Å². The van der Waals surface area contributed by atoms with Gasteiger partial charge in [-0.25, -0.2) is 14.8 Å². The van der Waals surface area contributed by atoms with Crippen LogP contribution in [0.25, 0.3) is 10.2 Å². The van der Waals surface area contributed by atoms with Crippen LogP contribution in [0.15, 0.2) is 11.4 Å². The van der Waals surface area contributed by atoms with Crippen LogP contribution in [-0.4, -0.2) is 34.2 Å². The summed E-state index contributed by atoms with van der Waals surface area (Å²) < 4.78 is 0. The number of imide groups is 1. The molecule has 1 aliphatic carbocycles. The molecular formula is C14H16N4O2S2. The fraction of sp³-hybridized carbons (Fsp3) is 0.429. The molecule has 22 heavy (non-hydrogen) atoms. The number of thioether (sulfide) groups is 1. The predicted molar refractivity (Wildman–Crippen MR) is 87.4 cm³/mol. The second kappa shape index (κ2) is 6.62. The molecule has 0 saturated carbocycles. The molecule has 0 atom stereocenters. The van der Waals surface area contributed by atoms with Crippen molar-refractivity contribution in [3.63, 3.8) is 0 Å². The highest BCUT2D eigenvalue weighted by Gasteiger charge is 2.21. The van der Waals surface area contributed by atoms with Crippen molar-refractivity contribution < 1.29 is 9.59 Å². The molecule has 2 heterocycles. The number of rotatable bonds is 4. The fourth-order valence-electron chi connectivity index (χ4n) is 2.51. The summed E-state index contributed by atoms with van der Waals surface area (Å²) in [6, 6.07) is -0.461. The predicted octanol–water partition coefficient (Wildman–Crippen LogP) is 2.12. The van der Waals surface area contributed by atoms with Crippen LogP contribution in [0.1, 0.15) is 23.8 Å². The Morgan fingerprint density at radius 3 is 3.05 bits per heavy atom. The highest BCUT2D eigenvalue weighted by atomic mass is 32.2. The molecule has 0 unspecified atom stereocenters. The van der Waals surface area contributed by atoms with E-state index < -0.39 is 6.03 Å². The Bertz CT molecular complexity index is 729. The zero-order valence-corrected chi connectivity index (χ0v) is 13.8. The second-order valence-electron chi connectivity index (χ2n) is 4.91. The minimum absolute atomic E-state index is 0.161. The van der Waals surface area contributed by atoms with Gasteiger partial charge in [0.25, 0.3) is 0 Å². The van der Waals surface area contributed by atoms with Gasteiger partial charge in [0.15, 0.2) is 0 Å². The molecule has 3 rings (SSSR count). The molecule has 116 valence electrons. The van der Waals surface area contributed by atoms with E-state index in [-0.39, 0.29) is 11.7 Å². The van der Waals surface area contributed by atoms with Crippen LogP contribution < -0.4 is 10.6 Å². The first-order valence-corrected chi connectivity index (χ1v) is 8.95. The summed E-state index contributed by atoms with van der Waals surface area (Å²) in [6.45, 7) is 2.29.